The zero-order valence-electron chi connectivity index (χ0n) is 18.5. The summed E-state index contributed by atoms with van der Waals surface area (Å²) in [4.78, 5) is 19.4. The number of amides is 1. The zero-order chi connectivity index (χ0) is 23.0. The molecule has 1 aromatic carbocycles. The van der Waals surface area contributed by atoms with Gasteiger partial charge in [-0.3, -0.25) is 4.79 Å². The van der Waals surface area contributed by atoms with Gasteiger partial charge in [0.25, 0.3) is 11.8 Å². The van der Waals surface area contributed by atoms with Crippen molar-refractivity contribution in [3.05, 3.63) is 47.9 Å². The molecule has 1 unspecified atom stereocenters. The molecule has 2 fully saturated rings. The Kier molecular flexibility index (Phi) is 4.25. The molecule has 1 N–H and O–H groups in total. The lowest BCUT2D eigenvalue weighted by Gasteiger charge is -2.25. The third kappa shape index (κ3) is 3.32. The van der Waals surface area contributed by atoms with Gasteiger partial charge in [-0.05, 0) is 38.3 Å². The van der Waals surface area contributed by atoms with Crippen LogP contribution in [0.1, 0.15) is 42.6 Å². The molecular formula is C24H25F2N5O2. The van der Waals surface area contributed by atoms with E-state index in [1.807, 2.05) is 30.9 Å². The zero-order valence-corrected chi connectivity index (χ0v) is 18.5. The van der Waals surface area contributed by atoms with Crippen LogP contribution in [0.3, 0.4) is 0 Å². The second-order valence-electron chi connectivity index (χ2n) is 9.99. The maximum Gasteiger partial charge on any atom is 0.261 e. The predicted octanol–water partition coefficient (Wildman–Crippen LogP) is 4.18. The Hall–Kier alpha value is -3.23. The summed E-state index contributed by atoms with van der Waals surface area (Å²) in [5.41, 5.74) is 2.75. The minimum Gasteiger partial charge on any atom is -0.487 e. The van der Waals surface area contributed by atoms with E-state index >= 15 is 0 Å². The molecule has 172 valence electrons. The Morgan fingerprint density at radius 1 is 1.27 bits per heavy atom. The van der Waals surface area contributed by atoms with Gasteiger partial charge in [0.1, 0.15) is 16.9 Å². The molecule has 7 nitrogen and oxygen atoms in total. The minimum absolute atomic E-state index is 0.0387. The van der Waals surface area contributed by atoms with Crippen LogP contribution in [-0.2, 0) is 6.42 Å². The molecule has 3 aliphatic rings. The Morgan fingerprint density at radius 2 is 2.12 bits per heavy atom. The monoisotopic (exact) mass is 453 g/mol. The van der Waals surface area contributed by atoms with Gasteiger partial charge in [-0.2, -0.15) is 5.10 Å². The molecule has 1 saturated carbocycles. The van der Waals surface area contributed by atoms with Gasteiger partial charge >= 0.3 is 0 Å². The van der Waals surface area contributed by atoms with Crippen LogP contribution in [0.2, 0.25) is 0 Å². The average molecular weight is 453 g/mol. The summed E-state index contributed by atoms with van der Waals surface area (Å²) in [6, 6.07) is 5.55. The number of carbonyl (C=O) groups excluding carboxylic acids is 1. The minimum atomic E-state index is -2.64. The lowest BCUT2D eigenvalue weighted by molar-refractivity contribution is -0.0351. The summed E-state index contributed by atoms with van der Waals surface area (Å²) in [5, 5.41) is 7.20. The Labute approximate surface area is 189 Å². The van der Waals surface area contributed by atoms with Crippen molar-refractivity contribution in [1.29, 1.82) is 0 Å². The predicted molar refractivity (Wildman–Crippen MR) is 119 cm³/mol. The van der Waals surface area contributed by atoms with E-state index in [-0.39, 0.29) is 30.4 Å². The largest absolute Gasteiger partial charge is 0.487 e. The molecule has 6 rings (SSSR count). The fourth-order valence-corrected chi connectivity index (χ4v) is 5.58. The first-order chi connectivity index (χ1) is 15.7. The number of ether oxygens (including phenoxy) is 1. The molecule has 0 bridgehead atoms. The molecule has 1 amide bonds. The molecule has 33 heavy (non-hydrogen) atoms. The maximum absolute atomic E-state index is 14.4. The third-order valence-electron chi connectivity index (χ3n) is 7.13. The number of carbonyl (C=O) groups is 1. The average Bonchev–Trinajstić information content (AvgIpc) is 3.49. The molecule has 1 saturated heterocycles. The van der Waals surface area contributed by atoms with E-state index in [1.54, 1.807) is 23.0 Å². The first-order valence-corrected chi connectivity index (χ1v) is 11.3. The van der Waals surface area contributed by atoms with Crippen molar-refractivity contribution in [2.45, 2.75) is 44.6 Å². The van der Waals surface area contributed by atoms with E-state index in [0.717, 1.165) is 17.0 Å². The highest BCUT2D eigenvalue weighted by Gasteiger charge is 2.54. The van der Waals surface area contributed by atoms with Crippen molar-refractivity contribution in [3.63, 3.8) is 0 Å². The summed E-state index contributed by atoms with van der Waals surface area (Å²) in [5.74, 6) is -2.93. The second-order valence-corrected chi connectivity index (χ2v) is 9.99. The van der Waals surface area contributed by atoms with Gasteiger partial charge in [-0.25, -0.2) is 18.3 Å². The molecule has 2 aliphatic heterocycles. The number of nitrogens with zero attached hydrogens (tertiary/aromatic N) is 4. The van der Waals surface area contributed by atoms with E-state index in [2.05, 4.69) is 15.4 Å². The third-order valence-corrected chi connectivity index (χ3v) is 7.13. The fraction of sp³-hybridized carbons (Fsp3) is 0.458. The molecule has 4 heterocycles. The number of nitrogens with one attached hydrogen (secondary N) is 1. The van der Waals surface area contributed by atoms with Crippen LogP contribution in [0.5, 0.6) is 5.75 Å². The van der Waals surface area contributed by atoms with Crippen LogP contribution in [0, 0.1) is 11.8 Å². The van der Waals surface area contributed by atoms with Crippen LogP contribution in [0.15, 0.2) is 36.8 Å². The Bertz CT molecular complexity index is 1270. The van der Waals surface area contributed by atoms with Crippen molar-refractivity contribution >= 4 is 22.9 Å². The number of benzene rings is 1. The van der Waals surface area contributed by atoms with Crippen LogP contribution in [0.25, 0.3) is 5.65 Å². The van der Waals surface area contributed by atoms with Gasteiger partial charge in [-0.15, -0.1) is 0 Å². The van der Waals surface area contributed by atoms with Gasteiger partial charge in [0.05, 0.1) is 17.6 Å². The molecule has 1 aliphatic carbocycles. The van der Waals surface area contributed by atoms with E-state index in [9.17, 15) is 13.6 Å². The summed E-state index contributed by atoms with van der Waals surface area (Å²) < 4.78 is 36.5. The first-order valence-electron chi connectivity index (χ1n) is 11.3. The van der Waals surface area contributed by atoms with Crippen LogP contribution < -0.4 is 15.0 Å². The molecule has 0 radical (unpaired) electrons. The van der Waals surface area contributed by atoms with Crippen molar-refractivity contribution in [2.75, 3.05) is 23.3 Å². The lowest BCUT2D eigenvalue weighted by Crippen LogP contribution is -2.29. The summed E-state index contributed by atoms with van der Waals surface area (Å²) in [6.07, 6.45) is 6.01. The Morgan fingerprint density at radius 3 is 2.94 bits per heavy atom. The number of hydrogen-bond donors (Lipinski definition) is 1. The van der Waals surface area contributed by atoms with Crippen molar-refractivity contribution in [2.24, 2.45) is 11.8 Å². The number of rotatable bonds is 3. The number of fused-ring (bicyclic) bond motifs is 3. The van der Waals surface area contributed by atoms with E-state index in [0.29, 0.717) is 36.3 Å². The number of hydrogen-bond acceptors (Lipinski definition) is 5. The van der Waals surface area contributed by atoms with Gasteiger partial charge in [0, 0.05) is 55.9 Å². The number of anilines is 2. The van der Waals surface area contributed by atoms with Crippen molar-refractivity contribution in [1.82, 2.24) is 14.6 Å². The van der Waals surface area contributed by atoms with E-state index in [4.69, 9.17) is 4.74 Å². The molecular weight excluding hydrogens is 428 g/mol. The SMILES string of the molecule is CC1(C)Cc2cc(NC(=O)c3cnn4cccnc34)c(N3CC4CCC(F)(F)[C@H]4C3)cc2O1. The molecule has 2 atom stereocenters. The Balaban J connectivity index is 1.37. The molecule has 0 spiro atoms. The van der Waals surface area contributed by atoms with Gasteiger partial charge in [0.2, 0.25) is 0 Å². The molecule has 9 heteroatoms. The topological polar surface area (TPSA) is 71.8 Å². The van der Waals surface area contributed by atoms with E-state index < -0.39 is 11.8 Å². The maximum atomic E-state index is 14.4. The highest BCUT2D eigenvalue weighted by molar-refractivity contribution is 6.09. The summed E-state index contributed by atoms with van der Waals surface area (Å²) in [7, 11) is 0. The van der Waals surface area contributed by atoms with Gasteiger partial charge < -0.3 is 15.0 Å². The van der Waals surface area contributed by atoms with Crippen molar-refractivity contribution < 1.29 is 18.3 Å². The smallest absolute Gasteiger partial charge is 0.261 e. The summed E-state index contributed by atoms with van der Waals surface area (Å²) in [6.45, 7) is 4.83. The molecule has 3 aromatic rings. The molecule has 2 aromatic heterocycles. The van der Waals surface area contributed by atoms with Crippen LogP contribution >= 0.6 is 0 Å². The standard InChI is InChI=1S/C24H25F2N5O2/c1-23(2)10-15-8-18(29-22(32)16-11-28-31-7-3-6-27-21(16)31)19(9-20(15)33-23)30-12-14-4-5-24(25,26)17(14)13-30/h3,6-9,11,14,17H,4-5,10,12-13H2,1-2H3,(H,29,32)/t14?,17-/m0/s1. The highest BCUT2D eigenvalue weighted by Crippen LogP contribution is 2.51. The normalized spacial score (nSPS) is 24.5. The highest BCUT2D eigenvalue weighted by atomic mass is 19.3. The number of halogens is 2. The fourth-order valence-electron chi connectivity index (χ4n) is 5.58. The lowest BCUT2D eigenvalue weighted by atomic mass is 9.99. The van der Waals surface area contributed by atoms with Gasteiger partial charge in [0.15, 0.2) is 5.65 Å². The van der Waals surface area contributed by atoms with Crippen molar-refractivity contribution in [3.8, 4) is 5.75 Å². The number of aromatic nitrogens is 3. The van der Waals surface area contributed by atoms with E-state index in [1.165, 1.54) is 6.20 Å². The first kappa shape index (κ1) is 20.4. The second kappa shape index (κ2) is 6.88. The number of alkyl halides is 2. The van der Waals surface area contributed by atoms with Crippen LogP contribution in [0.4, 0.5) is 20.2 Å². The summed E-state index contributed by atoms with van der Waals surface area (Å²) >= 11 is 0. The van der Waals surface area contributed by atoms with Crippen LogP contribution in [-0.4, -0.2) is 45.1 Å². The quantitative estimate of drug-likeness (QED) is 0.644. The van der Waals surface area contributed by atoms with Gasteiger partial charge in [-0.1, -0.05) is 0 Å².